The largest absolute Gasteiger partial charge is 0.319 e. The zero-order valence-corrected chi connectivity index (χ0v) is 12.7. The highest BCUT2D eigenvalue weighted by atomic mass is 32.2. The van der Waals surface area contributed by atoms with Crippen molar-refractivity contribution in [3.05, 3.63) is 42.2 Å². The molecule has 0 aliphatic heterocycles. The van der Waals surface area contributed by atoms with Gasteiger partial charge in [-0.15, -0.1) is 5.10 Å². The normalized spacial score (nSPS) is 11.7. The van der Waals surface area contributed by atoms with Crippen LogP contribution in [0.1, 0.15) is 5.56 Å². The number of hydrogen-bond acceptors (Lipinski definition) is 5. The van der Waals surface area contributed by atoms with E-state index in [4.69, 9.17) is 0 Å². The van der Waals surface area contributed by atoms with Gasteiger partial charge in [-0.25, -0.2) is 13.1 Å². The minimum atomic E-state index is -3.48. The van der Waals surface area contributed by atoms with Crippen molar-refractivity contribution in [2.24, 2.45) is 0 Å². The molecule has 0 unspecified atom stereocenters. The second kappa shape index (κ2) is 7.30. The standard InChI is InChI=1S/C13H19N5O2S/c1-14-7-6-12-2-4-13(5-3-12)21(19,20)16-9-11-18-10-8-15-17-18/h2-5,8,10,14,16H,6-7,9,11H2,1H3. The van der Waals surface area contributed by atoms with Gasteiger partial charge in [0.1, 0.15) is 0 Å². The second-order valence-electron chi connectivity index (χ2n) is 4.56. The Hall–Kier alpha value is -1.77. The molecule has 2 rings (SSSR count). The van der Waals surface area contributed by atoms with Crippen molar-refractivity contribution in [2.45, 2.75) is 17.9 Å². The molecule has 0 amide bonds. The SMILES string of the molecule is CNCCc1ccc(S(=O)(=O)NCCn2ccnn2)cc1. The van der Waals surface area contributed by atoms with Gasteiger partial charge in [0.25, 0.3) is 0 Å². The zero-order chi connectivity index (χ0) is 15.1. The van der Waals surface area contributed by atoms with Crippen LogP contribution in [0.3, 0.4) is 0 Å². The molecule has 2 aromatic rings. The third kappa shape index (κ3) is 4.62. The smallest absolute Gasteiger partial charge is 0.240 e. The fourth-order valence-electron chi connectivity index (χ4n) is 1.83. The Morgan fingerprint density at radius 1 is 1.19 bits per heavy atom. The summed E-state index contributed by atoms with van der Waals surface area (Å²) >= 11 is 0. The van der Waals surface area contributed by atoms with Gasteiger partial charge in [0.15, 0.2) is 0 Å². The summed E-state index contributed by atoms with van der Waals surface area (Å²) in [5, 5.41) is 10.5. The Bertz CT molecular complexity index is 638. The molecule has 8 heteroatoms. The molecular formula is C13H19N5O2S. The van der Waals surface area contributed by atoms with Crippen LogP contribution in [0.5, 0.6) is 0 Å². The average molecular weight is 309 g/mol. The lowest BCUT2D eigenvalue weighted by Gasteiger charge is -2.07. The van der Waals surface area contributed by atoms with Crippen LogP contribution in [-0.4, -0.2) is 43.5 Å². The molecule has 0 saturated heterocycles. The van der Waals surface area contributed by atoms with E-state index in [9.17, 15) is 8.42 Å². The third-order valence-electron chi connectivity index (χ3n) is 3.00. The molecular weight excluding hydrogens is 290 g/mol. The van der Waals surface area contributed by atoms with Gasteiger partial charge in [-0.05, 0) is 37.7 Å². The van der Waals surface area contributed by atoms with Crippen molar-refractivity contribution in [1.29, 1.82) is 0 Å². The molecule has 0 spiro atoms. The first kappa shape index (κ1) is 15.6. The monoisotopic (exact) mass is 309 g/mol. The van der Waals surface area contributed by atoms with Crippen molar-refractivity contribution >= 4 is 10.0 Å². The number of sulfonamides is 1. The summed E-state index contributed by atoms with van der Waals surface area (Å²) in [6.45, 7) is 1.58. The molecule has 0 bridgehead atoms. The van der Waals surface area contributed by atoms with Crippen LogP contribution in [0.4, 0.5) is 0 Å². The zero-order valence-electron chi connectivity index (χ0n) is 11.9. The molecule has 0 radical (unpaired) electrons. The van der Waals surface area contributed by atoms with Crippen LogP contribution in [0.15, 0.2) is 41.6 Å². The first-order valence-corrected chi connectivity index (χ1v) is 8.17. The second-order valence-corrected chi connectivity index (χ2v) is 6.33. The van der Waals surface area contributed by atoms with Crippen molar-refractivity contribution in [1.82, 2.24) is 25.0 Å². The van der Waals surface area contributed by atoms with E-state index in [2.05, 4.69) is 20.4 Å². The minimum absolute atomic E-state index is 0.271. The third-order valence-corrected chi connectivity index (χ3v) is 4.48. The van der Waals surface area contributed by atoms with Crippen LogP contribution in [0, 0.1) is 0 Å². The topological polar surface area (TPSA) is 88.9 Å². The molecule has 0 fully saturated rings. The number of nitrogens with one attached hydrogen (secondary N) is 2. The minimum Gasteiger partial charge on any atom is -0.319 e. The van der Waals surface area contributed by atoms with Gasteiger partial charge in [0, 0.05) is 12.7 Å². The number of hydrogen-bond donors (Lipinski definition) is 2. The highest BCUT2D eigenvalue weighted by molar-refractivity contribution is 7.89. The van der Waals surface area contributed by atoms with Gasteiger partial charge in [-0.1, -0.05) is 17.3 Å². The van der Waals surface area contributed by atoms with Gasteiger partial charge < -0.3 is 5.32 Å². The van der Waals surface area contributed by atoms with Crippen LogP contribution >= 0.6 is 0 Å². The average Bonchev–Trinajstić information content (AvgIpc) is 2.98. The quantitative estimate of drug-likeness (QED) is 0.717. The molecule has 0 aliphatic carbocycles. The Kier molecular flexibility index (Phi) is 5.43. The molecule has 0 saturated carbocycles. The first-order valence-electron chi connectivity index (χ1n) is 6.69. The summed E-state index contributed by atoms with van der Waals surface area (Å²) in [7, 11) is -1.59. The summed E-state index contributed by atoms with van der Waals surface area (Å²) in [5.74, 6) is 0. The fraction of sp³-hybridized carbons (Fsp3) is 0.385. The predicted molar refractivity (Wildman–Crippen MR) is 79.3 cm³/mol. The number of benzene rings is 1. The molecule has 0 atom stereocenters. The van der Waals surface area contributed by atoms with Gasteiger partial charge in [0.05, 0.1) is 17.6 Å². The van der Waals surface area contributed by atoms with E-state index in [1.165, 1.54) is 0 Å². The summed E-state index contributed by atoms with van der Waals surface area (Å²) in [6.07, 6.45) is 4.11. The van der Waals surface area contributed by atoms with Gasteiger partial charge in [-0.3, -0.25) is 4.68 Å². The van der Waals surface area contributed by atoms with E-state index < -0.39 is 10.0 Å². The Morgan fingerprint density at radius 3 is 2.57 bits per heavy atom. The molecule has 1 heterocycles. The summed E-state index contributed by atoms with van der Waals surface area (Å²) in [5.41, 5.74) is 1.10. The van der Waals surface area contributed by atoms with Crippen LogP contribution in [0.25, 0.3) is 0 Å². The lowest BCUT2D eigenvalue weighted by Crippen LogP contribution is -2.27. The molecule has 0 aliphatic rings. The Morgan fingerprint density at radius 2 is 1.95 bits per heavy atom. The highest BCUT2D eigenvalue weighted by Gasteiger charge is 2.13. The number of likely N-dealkylation sites (N-methyl/N-ethyl adjacent to an activating group) is 1. The fourth-order valence-corrected chi connectivity index (χ4v) is 2.86. The van der Waals surface area contributed by atoms with Gasteiger partial charge >= 0.3 is 0 Å². The number of rotatable bonds is 8. The Labute approximate surface area is 124 Å². The summed E-state index contributed by atoms with van der Waals surface area (Å²) in [4.78, 5) is 0.272. The van der Waals surface area contributed by atoms with Gasteiger partial charge in [-0.2, -0.15) is 0 Å². The van der Waals surface area contributed by atoms with Gasteiger partial charge in [0.2, 0.25) is 10.0 Å². The maximum absolute atomic E-state index is 12.1. The van der Waals surface area contributed by atoms with E-state index in [-0.39, 0.29) is 11.4 Å². The lowest BCUT2D eigenvalue weighted by atomic mass is 10.1. The summed E-state index contributed by atoms with van der Waals surface area (Å²) in [6, 6.07) is 6.93. The van der Waals surface area contributed by atoms with E-state index in [0.717, 1.165) is 18.5 Å². The van der Waals surface area contributed by atoms with Crippen molar-refractivity contribution in [3.63, 3.8) is 0 Å². The van der Waals surface area contributed by atoms with Crippen molar-refractivity contribution in [3.8, 4) is 0 Å². The molecule has 7 nitrogen and oxygen atoms in total. The highest BCUT2D eigenvalue weighted by Crippen LogP contribution is 2.10. The van der Waals surface area contributed by atoms with E-state index in [1.54, 1.807) is 29.2 Å². The number of aromatic nitrogens is 3. The maximum Gasteiger partial charge on any atom is 0.240 e. The molecule has 1 aromatic carbocycles. The number of nitrogens with zero attached hydrogens (tertiary/aromatic N) is 3. The van der Waals surface area contributed by atoms with E-state index in [0.29, 0.717) is 6.54 Å². The van der Waals surface area contributed by atoms with Crippen LogP contribution in [0.2, 0.25) is 0 Å². The molecule has 21 heavy (non-hydrogen) atoms. The van der Waals surface area contributed by atoms with Crippen LogP contribution < -0.4 is 10.0 Å². The Balaban J connectivity index is 1.92. The summed E-state index contributed by atoms with van der Waals surface area (Å²) < 4.78 is 28.4. The first-order chi connectivity index (χ1) is 10.1. The van der Waals surface area contributed by atoms with Crippen molar-refractivity contribution < 1.29 is 8.42 Å². The predicted octanol–water partition coefficient (Wildman–Crippen LogP) is 0.0185. The van der Waals surface area contributed by atoms with Crippen molar-refractivity contribution in [2.75, 3.05) is 20.1 Å². The molecule has 1 aromatic heterocycles. The molecule has 114 valence electrons. The van der Waals surface area contributed by atoms with Crippen LogP contribution in [-0.2, 0) is 23.0 Å². The maximum atomic E-state index is 12.1. The molecule has 2 N–H and O–H groups in total. The van der Waals surface area contributed by atoms with E-state index in [1.807, 2.05) is 19.2 Å². The van der Waals surface area contributed by atoms with E-state index >= 15 is 0 Å². The lowest BCUT2D eigenvalue weighted by molar-refractivity contribution is 0.553.